The zero-order chi connectivity index (χ0) is 21.5. The second-order valence-corrected chi connectivity index (χ2v) is 9.71. The van der Waals surface area contributed by atoms with E-state index in [1.807, 2.05) is 4.57 Å². The SMILES string of the molecule is CCCc1nc2c(sc3nc4c(cc32)COC(C)(C)C4)c(=O)n1CCN(CC)CC. The maximum atomic E-state index is 13.5. The third-order valence-electron chi connectivity index (χ3n) is 6.04. The Morgan fingerprint density at radius 2 is 2.00 bits per heavy atom. The first kappa shape index (κ1) is 21.4. The van der Waals surface area contributed by atoms with Crippen LogP contribution in [0, 0.1) is 0 Å². The molecule has 0 N–H and O–H groups in total. The van der Waals surface area contributed by atoms with Crippen LogP contribution >= 0.6 is 11.3 Å². The summed E-state index contributed by atoms with van der Waals surface area (Å²) in [5.74, 6) is 0.886. The van der Waals surface area contributed by atoms with Crippen LogP contribution < -0.4 is 5.56 Å². The van der Waals surface area contributed by atoms with Crippen LogP contribution in [0.1, 0.15) is 58.1 Å². The van der Waals surface area contributed by atoms with Crippen LogP contribution in [0.25, 0.3) is 20.4 Å². The maximum Gasteiger partial charge on any atom is 0.271 e. The van der Waals surface area contributed by atoms with Crippen LogP contribution in [0.2, 0.25) is 0 Å². The highest BCUT2D eigenvalue weighted by Crippen LogP contribution is 2.34. The summed E-state index contributed by atoms with van der Waals surface area (Å²) in [5.41, 5.74) is 2.89. The standard InChI is InChI=1S/C23H32N4O2S/c1-6-9-18-25-19-16-12-15-14-29-23(4,5)13-17(15)24-21(16)30-20(19)22(28)27(18)11-10-26(7-2)8-3/h12H,6-11,13-14H2,1-5H3. The molecule has 0 saturated carbocycles. The fraction of sp³-hybridized carbons (Fsp3) is 0.609. The van der Waals surface area contributed by atoms with Gasteiger partial charge in [-0.15, -0.1) is 11.3 Å². The van der Waals surface area contributed by atoms with Crippen molar-refractivity contribution < 1.29 is 4.74 Å². The Hall–Kier alpha value is -1.83. The Labute approximate surface area is 181 Å². The van der Waals surface area contributed by atoms with E-state index in [-0.39, 0.29) is 11.2 Å². The van der Waals surface area contributed by atoms with Gasteiger partial charge in [0, 0.05) is 36.9 Å². The largest absolute Gasteiger partial charge is 0.370 e. The molecule has 0 saturated heterocycles. The molecule has 30 heavy (non-hydrogen) atoms. The van der Waals surface area contributed by atoms with Gasteiger partial charge in [-0.05, 0) is 39.4 Å². The van der Waals surface area contributed by atoms with Crippen LogP contribution in [0.4, 0.5) is 0 Å². The van der Waals surface area contributed by atoms with E-state index in [9.17, 15) is 4.79 Å². The highest BCUT2D eigenvalue weighted by molar-refractivity contribution is 7.25. The van der Waals surface area contributed by atoms with Crippen molar-refractivity contribution in [2.24, 2.45) is 0 Å². The molecule has 0 radical (unpaired) electrons. The molecule has 0 bridgehead atoms. The highest BCUT2D eigenvalue weighted by Gasteiger charge is 2.28. The van der Waals surface area contributed by atoms with E-state index in [4.69, 9.17) is 14.7 Å². The third kappa shape index (κ3) is 3.90. The van der Waals surface area contributed by atoms with E-state index < -0.39 is 0 Å². The molecule has 4 heterocycles. The summed E-state index contributed by atoms with van der Waals surface area (Å²) in [6, 6.07) is 2.15. The molecule has 0 spiro atoms. The summed E-state index contributed by atoms with van der Waals surface area (Å²) in [7, 11) is 0. The molecule has 3 aromatic rings. The van der Waals surface area contributed by atoms with E-state index in [1.165, 1.54) is 11.3 Å². The summed E-state index contributed by atoms with van der Waals surface area (Å²) < 4.78 is 8.60. The van der Waals surface area contributed by atoms with E-state index in [0.717, 1.165) is 76.4 Å². The maximum absolute atomic E-state index is 13.5. The minimum Gasteiger partial charge on any atom is -0.370 e. The van der Waals surface area contributed by atoms with Gasteiger partial charge in [0.1, 0.15) is 15.4 Å². The van der Waals surface area contributed by atoms with Crippen LogP contribution in [0.3, 0.4) is 0 Å². The van der Waals surface area contributed by atoms with Crippen LogP contribution in [0.5, 0.6) is 0 Å². The van der Waals surface area contributed by atoms with E-state index in [0.29, 0.717) is 13.2 Å². The molecule has 1 aliphatic heterocycles. The minimum atomic E-state index is -0.200. The van der Waals surface area contributed by atoms with Gasteiger partial charge in [-0.25, -0.2) is 9.97 Å². The summed E-state index contributed by atoms with van der Waals surface area (Å²) in [6.07, 6.45) is 2.55. The van der Waals surface area contributed by atoms with Gasteiger partial charge in [0.25, 0.3) is 5.56 Å². The van der Waals surface area contributed by atoms with Crippen LogP contribution in [0.15, 0.2) is 10.9 Å². The van der Waals surface area contributed by atoms with Gasteiger partial charge in [0.05, 0.1) is 23.4 Å². The number of aromatic nitrogens is 3. The zero-order valence-corrected chi connectivity index (χ0v) is 19.6. The van der Waals surface area contributed by atoms with Gasteiger partial charge in [0.2, 0.25) is 0 Å². The van der Waals surface area contributed by atoms with E-state index in [1.54, 1.807) is 0 Å². The van der Waals surface area contributed by atoms with Crippen LogP contribution in [-0.2, 0) is 30.7 Å². The fourth-order valence-corrected chi connectivity index (χ4v) is 5.27. The predicted octanol–water partition coefficient (Wildman–Crippen LogP) is 4.15. The van der Waals surface area contributed by atoms with Gasteiger partial charge >= 0.3 is 0 Å². The van der Waals surface area contributed by atoms with Crippen molar-refractivity contribution in [2.75, 3.05) is 19.6 Å². The lowest BCUT2D eigenvalue weighted by Gasteiger charge is -2.30. The Morgan fingerprint density at radius 1 is 1.23 bits per heavy atom. The molecule has 0 fully saturated rings. The molecule has 0 aromatic carbocycles. The van der Waals surface area contributed by atoms with Gasteiger partial charge in [-0.2, -0.15) is 0 Å². The quantitative estimate of drug-likeness (QED) is 0.566. The van der Waals surface area contributed by atoms with Gasteiger partial charge in [-0.3, -0.25) is 9.36 Å². The Balaban J connectivity index is 1.84. The topological polar surface area (TPSA) is 60.3 Å². The summed E-state index contributed by atoms with van der Waals surface area (Å²) in [5, 5.41) is 0.988. The summed E-state index contributed by atoms with van der Waals surface area (Å²) in [6.45, 7) is 14.7. The smallest absolute Gasteiger partial charge is 0.271 e. The lowest BCUT2D eigenvalue weighted by molar-refractivity contribution is -0.0411. The fourth-order valence-electron chi connectivity index (χ4n) is 4.21. The lowest BCUT2D eigenvalue weighted by atomic mass is 9.95. The van der Waals surface area contributed by atoms with Crippen molar-refractivity contribution in [3.63, 3.8) is 0 Å². The number of likely N-dealkylation sites (N-methyl/N-ethyl adjacent to an activating group) is 1. The number of ether oxygens (including phenoxy) is 1. The number of hydrogen-bond donors (Lipinski definition) is 0. The number of pyridine rings is 1. The third-order valence-corrected chi connectivity index (χ3v) is 7.11. The van der Waals surface area contributed by atoms with Gasteiger partial charge < -0.3 is 9.64 Å². The Bertz CT molecular complexity index is 1130. The van der Waals surface area contributed by atoms with Crippen molar-refractivity contribution >= 4 is 31.8 Å². The molecular weight excluding hydrogens is 396 g/mol. The number of nitrogens with zero attached hydrogens (tertiary/aromatic N) is 4. The molecule has 0 atom stereocenters. The Kier molecular flexibility index (Phi) is 5.97. The second-order valence-electron chi connectivity index (χ2n) is 8.71. The second kappa shape index (κ2) is 8.36. The molecular formula is C23H32N4O2S. The lowest BCUT2D eigenvalue weighted by Crippen LogP contribution is -2.32. The van der Waals surface area contributed by atoms with Crippen LogP contribution in [-0.4, -0.2) is 44.7 Å². The highest BCUT2D eigenvalue weighted by atomic mass is 32.1. The van der Waals surface area contributed by atoms with E-state index in [2.05, 4.69) is 45.6 Å². The first-order chi connectivity index (χ1) is 14.4. The average Bonchev–Trinajstić information content (AvgIpc) is 3.06. The zero-order valence-electron chi connectivity index (χ0n) is 18.7. The molecule has 3 aromatic heterocycles. The first-order valence-corrected chi connectivity index (χ1v) is 11.9. The van der Waals surface area contributed by atoms with Crippen molar-refractivity contribution in [1.29, 1.82) is 0 Å². The molecule has 162 valence electrons. The monoisotopic (exact) mass is 428 g/mol. The molecule has 0 amide bonds. The number of hydrogen-bond acceptors (Lipinski definition) is 6. The first-order valence-electron chi connectivity index (χ1n) is 11.1. The van der Waals surface area contributed by atoms with Gasteiger partial charge in [0.15, 0.2) is 0 Å². The van der Waals surface area contributed by atoms with E-state index >= 15 is 0 Å². The number of rotatable bonds is 7. The molecule has 1 aliphatic rings. The number of aryl methyl sites for hydroxylation is 1. The molecule has 0 unspecified atom stereocenters. The van der Waals surface area contributed by atoms with Gasteiger partial charge in [-0.1, -0.05) is 20.8 Å². The minimum absolute atomic E-state index is 0.0770. The molecule has 4 rings (SSSR count). The van der Waals surface area contributed by atoms with Crippen molar-refractivity contribution in [2.45, 2.75) is 72.6 Å². The Morgan fingerprint density at radius 3 is 2.70 bits per heavy atom. The molecule has 0 aliphatic carbocycles. The summed E-state index contributed by atoms with van der Waals surface area (Å²) in [4.78, 5) is 26.7. The average molecular weight is 429 g/mol. The molecule has 6 nitrogen and oxygen atoms in total. The van der Waals surface area contributed by atoms with Crippen molar-refractivity contribution in [3.05, 3.63) is 33.5 Å². The predicted molar refractivity (Wildman–Crippen MR) is 124 cm³/mol. The summed E-state index contributed by atoms with van der Waals surface area (Å²) >= 11 is 1.49. The van der Waals surface area contributed by atoms with Crippen molar-refractivity contribution in [3.8, 4) is 0 Å². The number of fused-ring (bicyclic) bond motifs is 4. The number of thiophene rings is 1. The van der Waals surface area contributed by atoms with Crippen molar-refractivity contribution in [1.82, 2.24) is 19.4 Å². The normalized spacial score (nSPS) is 15.9. The molecule has 7 heteroatoms.